The van der Waals surface area contributed by atoms with E-state index in [1.165, 1.54) is 5.01 Å². The Morgan fingerprint density at radius 2 is 2.03 bits per heavy atom. The molecule has 7 nitrogen and oxygen atoms in total. The molecule has 2 aliphatic rings. The van der Waals surface area contributed by atoms with Crippen molar-refractivity contribution in [2.24, 2.45) is 5.10 Å². The van der Waals surface area contributed by atoms with Gasteiger partial charge in [0.25, 0.3) is 17.1 Å². The summed E-state index contributed by atoms with van der Waals surface area (Å²) in [6, 6.07) is 14.2. The van der Waals surface area contributed by atoms with Crippen LogP contribution >= 0.6 is 23.4 Å². The monoisotopic (exact) mass is 441 g/mol. The van der Waals surface area contributed by atoms with Gasteiger partial charge in [-0.15, -0.1) is 0 Å². The lowest BCUT2D eigenvalue weighted by Crippen LogP contribution is -2.26. The van der Waals surface area contributed by atoms with Crippen LogP contribution in [0.4, 0.5) is 4.79 Å². The van der Waals surface area contributed by atoms with Gasteiger partial charge in [-0.1, -0.05) is 35.9 Å². The van der Waals surface area contributed by atoms with E-state index in [-0.39, 0.29) is 10.9 Å². The van der Waals surface area contributed by atoms with Crippen molar-refractivity contribution >= 4 is 46.1 Å². The smallest absolute Gasteiger partial charge is 0.290 e. The lowest BCUT2D eigenvalue weighted by Gasteiger charge is -2.21. The van der Waals surface area contributed by atoms with Crippen molar-refractivity contribution in [1.82, 2.24) is 10.3 Å². The second kappa shape index (κ2) is 8.33. The van der Waals surface area contributed by atoms with Crippen LogP contribution in [0.3, 0.4) is 0 Å². The Labute approximate surface area is 181 Å². The molecule has 0 aliphatic carbocycles. The van der Waals surface area contributed by atoms with Gasteiger partial charge in [-0.25, -0.2) is 5.01 Å². The largest absolute Gasteiger partial charge is 0.497 e. The predicted octanol–water partition coefficient (Wildman–Crippen LogP) is 3.89. The number of hydrogen-bond donors (Lipinski definition) is 1. The molecule has 2 heterocycles. The highest BCUT2D eigenvalue weighted by Crippen LogP contribution is 2.35. The van der Waals surface area contributed by atoms with E-state index in [1.54, 1.807) is 19.2 Å². The molecular formula is C21H16ClN3O4S. The number of carbonyl (C=O) groups excluding carboxylic acids is 3. The molecule has 0 radical (unpaired) electrons. The quantitative estimate of drug-likeness (QED) is 0.727. The summed E-state index contributed by atoms with van der Waals surface area (Å²) in [5.74, 6) is -0.388. The van der Waals surface area contributed by atoms with Crippen molar-refractivity contribution in [2.75, 3.05) is 7.11 Å². The van der Waals surface area contributed by atoms with Gasteiger partial charge in [-0.2, -0.15) is 5.10 Å². The van der Waals surface area contributed by atoms with E-state index < -0.39 is 17.1 Å². The number of thioether (sulfide) groups is 1. The van der Waals surface area contributed by atoms with Gasteiger partial charge >= 0.3 is 0 Å². The maximum Gasteiger partial charge on any atom is 0.290 e. The second-order valence-electron chi connectivity index (χ2n) is 6.59. The van der Waals surface area contributed by atoms with Gasteiger partial charge in [-0.3, -0.25) is 19.7 Å². The van der Waals surface area contributed by atoms with E-state index >= 15 is 0 Å². The van der Waals surface area contributed by atoms with Crippen LogP contribution in [0.15, 0.2) is 64.6 Å². The van der Waals surface area contributed by atoms with Crippen molar-refractivity contribution in [2.45, 2.75) is 12.5 Å². The number of imide groups is 1. The summed E-state index contributed by atoms with van der Waals surface area (Å²) < 4.78 is 5.29. The normalized spacial score (nSPS) is 19.8. The summed E-state index contributed by atoms with van der Waals surface area (Å²) in [6.07, 6.45) is 1.62. The Kier molecular flexibility index (Phi) is 5.61. The summed E-state index contributed by atoms with van der Waals surface area (Å²) in [4.78, 5) is 36.3. The number of nitrogens with one attached hydrogen (secondary N) is 1. The van der Waals surface area contributed by atoms with Gasteiger partial charge in [0.2, 0.25) is 0 Å². The molecule has 0 aromatic heterocycles. The summed E-state index contributed by atoms with van der Waals surface area (Å²) in [7, 11) is 1.58. The van der Waals surface area contributed by atoms with E-state index in [0.29, 0.717) is 34.7 Å². The zero-order chi connectivity index (χ0) is 21.3. The highest BCUT2D eigenvalue weighted by molar-refractivity contribution is 8.18. The summed E-state index contributed by atoms with van der Waals surface area (Å²) in [5.41, 5.74) is 2.40. The topological polar surface area (TPSA) is 88.1 Å². The molecule has 2 aromatic rings. The van der Waals surface area contributed by atoms with Gasteiger partial charge in [0.15, 0.2) is 0 Å². The number of methoxy groups -OCH3 is 1. The van der Waals surface area contributed by atoms with Gasteiger partial charge < -0.3 is 4.74 Å². The van der Waals surface area contributed by atoms with E-state index in [4.69, 9.17) is 16.3 Å². The third kappa shape index (κ3) is 4.10. The Morgan fingerprint density at radius 1 is 1.27 bits per heavy atom. The van der Waals surface area contributed by atoms with Crippen molar-refractivity contribution in [3.63, 3.8) is 0 Å². The first-order valence-corrected chi connectivity index (χ1v) is 10.2. The molecule has 3 amide bonds. The number of benzene rings is 2. The number of rotatable bonds is 4. The minimum atomic E-state index is -0.586. The van der Waals surface area contributed by atoms with Crippen molar-refractivity contribution in [3.8, 4) is 5.75 Å². The molecule has 1 atom stereocenters. The number of nitrogens with zero attached hydrogens (tertiary/aromatic N) is 2. The van der Waals surface area contributed by atoms with E-state index in [1.807, 2.05) is 36.4 Å². The zero-order valence-electron chi connectivity index (χ0n) is 15.8. The van der Waals surface area contributed by atoms with Crippen LogP contribution in [0.25, 0.3) is 0 Å². The number of carbonyl (C=O) groups is 3. The van der Waals surface area contributed by atoms with Crippen molar-refractivity contribution in [3.05, 3.63) is 75.7 Å². The molecule has 2 aliphatic heterocycles. The molecule has 0 saturated carbocycles. The zero-order valence-corrected chi connectivity index (χ0v) is 17.4. The number of halogens is 1. The summed E-state index contributed by atoms with van der Waals surface area (Å²) >= 11 is 6.70. The Balaban J connectivity index is 1.70. The minimum Gasteiger partial charge on any atom is -0.497 e. The standard InChI is InChI=1S/C21H16ClN3O4S/c1-29-15-4-2-3-13(9-15)16-10-17(12-5-7-14(22)8-6-12)25(24-16)19(26)11-18-20(27)23-21(28)30-18/h2-9,11,17H,10H2,1H3,(H,23,27,28)/b18-11-. The molecule has 1 saturated heterocycles. The molecule has 30 heavy (non-hydrogen) atoms. The summed E-state index contributed by atoms with van der Waals surface area (Å²) in [5, 5.41) is 8.10. The maximum absolute atomic E-state index is 13.0. The molecule has 1 N–H and O–H groups in total. The van der Waals surface area contributed by atoms with Gasteiger partial charge in [0.05, 0.1) is 23.8 Å². The van der Waals surface area contributed by atoms with Crippen LogP contribution in [0.5, 0.6) is 5.75 Å². The lowest BCUT2D eigenvalue weighted by atomic mass is 9.98. The van der Waals surface area contributed by atoms with Crippen LogP contribution in [-0.2, 0) is 9.59 Å². The molecule has 1 fully saturated rings. The Hall–Kier alpha value is -3.10. The van der Waals surface area contributed by atoms with Crippen molar-refractivity contribution < 1.29 is 19.1 Å². The van der Waals surface area contributed by atoms with E-state index in [2.05, 4.69) is 10.4 Å². The average Bonchev–Trinajstić information content (AvgIpc) is 3.32. The van der Waals surface area contributed by atoms with E-state index in [0.717, 1.165) is 17.2 Å². The fourth-order valence-corrected chi connectivity index (χ4v) is 4.01. The first kappa shape index (κ1) is 20.2. The molecule has 1 unspecified atom stereocenters. The number of hydrogen-bond acceptors (Lipinski definition) is 6. The fourth-order valence-electron chi connectivity index (χ4n) is 3.23. The molecular weight excluding hydrogens is 426 g/mol. The molecule has 152 valence electrons. The second-order valence-corrected chi connectivity index (χ2v) is 8.04. The number of amides is 3. The van der Waals surface area contributed by atoms with Crippen LogP contribution in [0.1, 0.15) is 23.6 Å². The van der Waals surface area contributed by atoms with E-state index in [9.17, 15) is 14.4 Å². The van der Waals surface area contributed by atoms with Crippen LogP contribution in [0.2, 0.25) is 5.02 Å². The predicted molar refractivity (Wildman–Crippen MR) is 114 cm³/mol. The van der Waals surface area contributed by atoms with Crippen molar-refractivity contribution in [1.29, 1.82) is 0 Å². The van der Waals surface area contributed by atoms with Gasteiger partial charge in [0, 0.05) is 23.1 Å². The first-order valence-electron chi connectivity index (χ1n) is 9.00. The summed E-state index contributed by atoms with van der Waals surface area (Å²) in [6.45, 7) is 0. The van der Waals surface area contributed by atoms with Gasteiger partial charge in [-0.05, 0) is 41.6 Å². The van der Waals surface area contributed by atoms with Crippen LogP contribution in [0, 0.1) is 0 Å². The maximum atomic E-state index is 13.0. The molecule has 0 bridgehead atoms. The van der Waals surface area contributed by atoms with Crippen LogP contribution in [-0.4, -0.2) is 34.9 Å². The Morgan fingerprint density at radius 3 is 2.70 bits per heavy atom. The Bertz CT molecular complexity index is 1100. The molecule has 9 heteroatoms. The van der Waals surface area contributed by atoms with Gasteiger partial charge in [0.1, 0.15) is 5.75 Å². The average molecular weight is 442 g/mol. The molecule has 2 aromatic carbocycles. The highest BCUT2D eigenvalue weighted by atomic mass is 35.5. The first-order chi connectivity index (χ1) is 14.4. The minimum absolute atomic E-state index is 0.0462. The van der Waals surface area contributed by atoms with Crippen LogP contribution < -0.4 is 10.1 Å². The molecule has 0 spiro atoms. The fraction of sp³-hybridized carbons (Fsp3) is 0.143. The lowest BCUT2D eigenvalue weighted by molar-refractivity contribution is -0.128. The number of hydrazone groups is 1. The molecule has 4 rings (SSSR count). The third-order valence-electron chi connectivity index (χ3n) is 4.69. The SMILES string of the molecule is COc1cccc(C2=NN(C(=O)/C=C3\SC(=O)NC3=O)C(c3ccc(Cl)cc3)C2)c1. The highest BCUT2D eigenvalue weighted by Gasteiger charge is 2.34. The third-order valence-corrected chi connectivity index (χ3v) is 5.75. The number of ether oxygens (including phenoxy) is 1.